The van der Waals surface area contributed by atoms with Crippen molar-refractivity contribution in [1.29, 1.82) is 0 Å². The fraction of sp³-hybridized carbons (Fsp3) is 1.00. The summed E-state index contributed by atoms with van der Waals surface area (Å²) in [5, 5.41) is 0. The summed E-state index contributed by atoms with van der Waals surface area (Å²) in [7, 11) is -6.78. The van der Waals surface area contributed by atoms with Crippen molar-refractivity contribution < 1.29 is 28.7 Å². The van der Waals surface area contributed by atoms with Crippen LogP contribution >= 0.6 is 15.9 Å². The molecule has 6 nitrogen and oxygen atoms in total. The number of hydrogen-bond donors (Lipinski definition) is 4. The highest BCUT2D eigenvalue weighted by Gasteiger charge is 2.05. The molecule has 8 heteroatoms. The van der Waals surface area contributed by atoms with E-state index in [1.54, 1.807) is 0 Å². The highest BCUT2D eigenvalue weighted by molar-refractivity contribution is 7.51. The van der Waals surface area contributed by atoms with E-state index >= 15 is 0 Å². The molecule has 0 unspecified atom stereocenters. The molecular formula is C2H10O6P2. The average molecular weight is 192 g/mol. The van der Waals surface area contributed by atoms with Gasteiger partial charge in [0.1, 0.15) is 0 Å². The normalized spacial score (nSPS) is 10.6. The Morgan fingerprint density at radius 1 is 1.40 bits per heavy atom. The van der Waals surface area contributed by atoms with Crippen LogP contribution in [0.2, 0.25) is 0 Å². The van der Waals surface area contributed by atoms with Gasteiger partial charge in [-0.1, -0.05) is 6.92 Å². The number of hydrogen-bond acceptors (Lipinski definition) is 2. The van der Waals surface area contributed by atoms with Crippen LogP contribution in [0.25, 0.3) is 0 Å². The summed E-state index contributed by atoms with van der Waals surface area (Å²) in [5.74, 6) is 0. The Balaban J connectivity index is 0. The van der Waals surface area contributed by atoms with E-state index in [0.29, 0.717) is 0 Å². The van der Waals surface area contributed by atoms with Crippen LogP contribution in [0.15, 0.2) is 0 Å². The lowest BCUT2D eigenvalue weighted by molar-refractivity contribution is 0.374. The molecule has 0 atom stereocenters. The van der Waals surface area contributed by atoms with Crippen LogP contribution in [0.3, 0.4) is 0 Å². The van der Waals surface area contributed by atoms with E-state index in [0.717, 1.165) is 0 Å². The highest BCUT2D eigenvalue weighted by Crippen LogP contribution is 2.32. The summed E-state index contributed by atoms with van der Waals surface area (Å²) < 4.78 is 18.4. The van der Waals surface area contributed by atoms with Crippen LogP contribution in [-0.2, 0) is 9.13 Å². The first-order valence-electron chi connectivity index (χ1n) is 2.26. The van der Waals surface area contributed by atoms with Crippen molar-refractivity contribution in [3.63, 3.8) is 0 Å². The summed E-state index contributed by atoms with van der Waals surface area (Å²) in [4.78, 5) is 30.2. The molecule has 0 saturated carbocycles. The molecule has 0 saturated heterocycles. The second-order valence-corrected chi connectivity index (χ2v) is 3.79. The fourth-order valence-corrected chi connectivity index (χ4v) is 0. The van der Waals surface area contributed by atoms with Crippen LogP contribution < -0.4 is 0 Å². The first-order chi connectivity index (χ1) is 4.29. The Labute approximate surface area is 58.6 Å². The maximum absolute atomic E-state index is 9.69. The molecule has 0 spiro atoms. The minimum Gasteiger partial charge on any atom is -0.326 e. The molecule has 0 aromatic rings. The summed E-state index contributed by atoms with van der Waals surface area (Å²) >= 11 is 0. The van der Waals surface area contributed by atoms with Gasteiger partial charge in [-0.2, -0.15) is 0 Å². The van der Waals surface area contributed by atoms with E-state index < -0.39 is 15.9 Å². The molecule has 0 aromatic carbocycles. The van der Waals surface area contributed by atoms with Gasteiger partial charge in [0.25, 0.3) is 0 Å². The SMILES string of the molecule is CCP(=O)(O)O.O=[PH](O)O. The third-order valence-corrected chi connectivity index (χ3v) is 1.24. The summed E-state index contributed by atoms with van der Waals surface area (Å²) in [6.45, 7) is 1.45. The topological polar surface area (TPSA) is 115 Å². The largest absolute Gasteiger partial charge is 0.326 e. The van der Waals surface area contributed by atoms with Crippen molar-refractivity contribution in [3.8, 4) is 0 Å². The lowest BCUT2D eigenvalue weighted by Crippen LogP contribution is -1.76. The zero-order chi connectivity index (χ0) is 8.78. The summed E-state index contributed by atoms with van der Waals surface area (Å²) in [5.41, 5.74) is 0. The van der Waals surface area contributed by atoms with Crippen molar-refractivity contribution >= 4 is 15.9 Å². The second-order valence-electron chi connectivity index (χ2n) is 1.26. The molecule has 0 aliphatic rings. The van der Waals surface area contributed by atoms with Crippen LogP contribution in [-0.4, -0.2) is 25.7 Å². The molecule has 0 rings (SSSR count). The van der Waals surface area contributed by atoms with E-state index in [9.17, 15) is 4.57 Å². The van der Waals surface area contributed by atoms with E-state index in [1.807, 2.05) is 0 Å². The van der Waals surface area contributed by atoms with Gasteiger partial charge in [-0.15, -0.1) is 0 Å². The summed E-state index contributed by atoms with van der Waals surface area (Å²) in [6, 6.07) is 0. The lowest BCUT2D eigenvalue weighted by atomic mass is 11.0. The Morgan fingerprint density at radius 3 is 1.50 bits per heavy atom. The van der Waals surface area contributed by atoms with Gasteiger partial charge < -0.3 is 19.6 Å². The van der Waals surface area contributed by atoms with E-state index in [-0.39, 0.29) is 6.16 Å². The van der Waals surface area contributed by atoms with Crippen molar-refractivity contribution in [2.75, 3.05) is 6.16 Å². The molecule has 0 radical (unpaired) electrons. The van der Waals surface area contributed by atoms with Gasteiger partial charge in [-0.05, 0) is 0 Å². The van der Waals surface area contributed by atoms with Gasteiger partial charge in [-0.3, -0.25) is 9.13 Å². The molecule has 0 aliphatic carbocycles. The zero-order valence-corrected chi connectivity index (χ0v) is 7.15. The van der Waals surface area contributed by atoms with Gasteiger partial charge in [-0.25, -0.2) is 0 Å². The maximum Gasteiger partial charge on any atom is 0.325 e. The summed E-state index contributed by atoms with van der Waals surface area (Å²) in [6.07, 6.45) is -0.0625. The Kier molecular flexibility index (Phi) is 7.81. The molecule has 4 N–H and O–H groups in total. The number of rotatable bonds is 1. The predicted molar refractivity (Wildman–Crippen MR) is 36.0 cm³/mol. The van der Waals surface area contributed by atoms with E-state index in [4.69, 9.17) is 24.1 Å². The quantitative estimate of drug-likeness (QED) is 0.418. The second kappa shape index (κ2) is 6.04. The van der Waals surface area contributed by atoms with E-state index in [2.05, 4.69) is 0 Å². The lowest BCUT2D eigenvalue weighted by Gasteiger charge is -1.92. The van der Waals surface area contributed by atoms with Crippen LogP contribution in [0, 0.1) is 0 Å². The molecule has 10 heavy (non-hydrogen) atoms. The first-order valence-corrected chi connectivity index (χ1v) is 5.36. The molecular weight excluding hydrogens is 182 g/mol. The maximum atomic E-state index is 9.69. The minimum absolute atomic E-state index is 0.0625. The minimum atomic E-state index is -3.65. The van der Waals surface area contributed by atoms with Crippen LogP contribution in [0.1, 0.15) is 6.92 Å². The smallest absolute Gasteiger partial charge is 0.325 e. The predicted octanol–water partition coefficient (Wildman–Crippen LogP) is -0.455. The van der Waals surface area contributed by atoms with Gasteiger partial charge in [0.05, 0.1) is 0 Å². The molecule has 64 valence electrons. The van der Waals surface area contributed by atoms with Gasteiger partial charge >= 0.3 is 15.9 Å². The van der Waals surface area contributed by atoms with E-state index in [1.165, 1.54) is 6.92 Å². The third-order valence-electron chi connectivity index (χ3n) is 0.412. The average Bonchev–Trinajstić information content (AvgIpc) is 1.63. The monoisotopic (exact) mass is 192 g/mol. The molecule has 0 amide bonds. The van der Waals surface area contributed by atoms with Gasteiger partial charge in [0.2, 0.25) is 0 Å². The Hall–Kier alpha value is 0.300. The zero-order valence-electron chi connectivity index (χ0n) is 5.26. The Bertz CT molecular complexity index is 133. The fourth-order valence-electron chi connectivity index (χ4n) is 0. The van der Waals surface area contributed by atoms with Crippen molar-refractivity contribution in [2.24, 2.45) is 0 Å². The molecule has 0 heterocycles. The van der Waals surface area contributed by atoms with Gasteiger partial charge in [0.15, 0.2) is 0 Å². The van der Waals surface area contributed by atoms with Crippen LogP contribution in [0.5, 0.6) is 0 Å². The van der Waals surface area contributed by atoms with Crippen molar-refractivity contribution in [3.05, 3.63) is 0 Å². The van der Waals surface area contributed by atoms with Crippen molar-refractivity contribution in [2.45, 2.75) is 6.92 Å². The Morgan fingerprint density at radius 2 is 1.50 bits per heavy atom. The molecule has 0 aliphatic heterocycles. The molecule has 0 aromatic heterocycles. The highest BCUT2D eigenvalue weighted by atomic mass is 31.2. The third kappa shape index (κ3) is 40.6. The van der Waals surface area contributed by atoms with Crippen LogP contribution in [0.4, 0.5) is 0 Å². The first kappa shape index (κ1) is 12.9. The standard InChI is InChI=1S/C2H7O3P.H3O3P/c1-2-6(3,4)5;1-4(2)3/h2H2,1H3,(H2,3,4,5);4H,(H2,1,2,3). The molecule has 0 bridgehead atoms. The molecule has 0 fully saturated rings. The van der Waals surface area contributed by atoms with Gasteiger partial charge in [0, 0.05) is 6.16 Å². The van der Waals surface area contributed by atoms with Crippen molar-refractivity contribution in [1.82, 2.24) is 0 Å².